The van der Waals surface area contributed by atoms with Crippen LogP contribution >= 0.6 is 34.4 Å². The van der Waals surface area contributed by atoms with Crippen LogP contribution in [0.5, 0.6) is 0 Å². The van der Waals surface area contributed by atoms with Crippen LogP contribution in [0.3, 0.4) is 0 Å². The van der Waals surface area contributed by atoms with Crippen molar-refractivity contribution in [2.24, 2.45) is 0 Å². The van der Waals surface area contributed by atoms with Crippen LogP contribution in [0.25, 0.3) is 21.2 Å². The number of nitrogens with zero attached hydrogens (tertiary/aromatic N) is 1. The lowest BCUT2D eigenvalue weighted by Crippen LogP contribution is -2.24. The smallest absolute Gasteiger partial charge is 0.131 e. The quantitative estimate of drug-likeness (QED) is 0.719. The average Bonchev–Trinajstić information content (AvgIpc) is 3.11. The van der Waals surface area contributed by atoms with Gasteiger partial charge in [-0.25, -0.2) is 4.98 Å². The zero-order valence-corrected chi connectivity index (χ0v) is 13.3. The fourth-order valence-corrected chi connectivity index (χ4v) is 4.35. The van der Waals surface area contributed by atoms with Gasteiger partial charge < -0.3 is 9.90 Å². The van der Waals surface area contributed by atoms with E-state index in [-0.39, 0.29) is 5.75 Å². The fourth-order valence-electron chi connectivity index (χ4n) is 1.78. The number of carbonyl (C=O) groups is 1. The summed E-state index contributed by atoms with van der Waals surface area (Å²) in [7, 11) is 0. The highest BCUT2D eigenvalue weighted by molar-refractivity contribution is 8.09. The Labute approximate surface area is 134 Å². The SMILES string of the molecule is O=C([O-])CS/C(=C\c1cccs1)c1nc2ccccc2s1. The van der Waals surface area contributed by atoms with Gasteiger partial charge in [-0.3, -0.25) is 0 Å². The van der Waals surface area contributed by atoms with E-state index >= 15 is 0 Å². The first kappa shape index (κ1) is 14.3. The largest absolute Gasteiger partial charge is 0.549 e. The van der Waals surface area contributed by atoms with Crippen molar-refractivity contribution >= 4 is 61.6 Å². The number of aromatic nitrogens is 1. The Morgan fingerprint density at radius 3 is 2.86 bits per heavy atom. The van der Waals surface area contributed by atoms with E-state index in [1.807, 2.05) is 47.9 Å². The standard InChI is InChI=1S/C15H11NO2S3/c17-14(18)9-20-13(8-10-4-3-7-19-10)15-16-11-5-1-2-6-12(11)21-15/h1-8H,9H2,(H,17,18)/p-1/b13-8-. The van der Waals surface area contributed by atoms with Gasteiger partial charge in [-0.05, 0) is 29.7 Å². The number of rotatable bonds is 5. The first-order valence-corrected chi connectivity index (χ1v) is 8.84. The Morgan fingerprint density at radius 1 is 1.29 bits per heavy atom. The van der Waals surface area contributed by atoms with Gasteiger partial charge in [0.05, 0.1) is 16.2 Å². The van der Waals surface area contributed by atoms with Crippen molar-refractivity contribution in [3.63, 3.8) is 0 Å². The van der Waals surface area contributed by atoms with Crippen LogP contribution in [0.15, 0.2) is 41.8 Å². The zero-order chi connectivity index (χ0) is 14.7. The maximum Gasteiger partial charge on any atom is 0.131 e. The van der Waals surface area contributed by atoms with E-state index in [0.29, 0.717) is 0 Å². The number of thiophene rings is 1. The second-order valence-corrected chi connectivity index (χ2v) is 7.20. The van der Waals surface area contributed by atoms with Gasteiger partial charge in [-0.1, -0.05) is 18.2 Å². The van der Waals surface area contributed by atoms with Crippen molar-refractivity contribution in [1.29, 1.82) is 0 Å². The highest BCUT2D eigenvalue weighted by atomic mass is 32.2. The van der Waals surface area contributed by atoms with Crippen molar-refractivity contribution < 1.29 is 9.90 Å². The molecule has 0 N–H and O–H groups in total. The van der Waals surface area contributed by atoms with Gasteiger partial charge in [0.15, 0.2) is 0 Å². The third-order valence-electron chi connectivity index (χ3n) is 2.67. The monoisotopic (exact) mass is 332 g/mol. The molecule has 3 nitrogen and oxygen atoms in total. The van der Waals surface area contributed by atoms with E-state index in [0.717, 1.165) is 25.0 Å². The van der Waals surface area contributed by atoms with Gasteiger partial charge in [0.1, 0.15) is 5.01 Å². The second kappa shape index (κ2) is 6.43. The third-order valence-corrected chi connectivity index (χ3v) is 5.69. The molecule has 1 aromatic carbocycles. The van der Waals surface area contributed by atoms with Gasteiger partial charge in [0, 0.05) is 15.5 Å². The molecule has 3 aromatic rings. The number of benzene rings is 1. The summed E-state index contributed by atoms with van der Waals surface area (Å²) < 4.78 is 1.10. The number of carboxylic acids is 1. The number of hydrogen-bond acceptors (Lipinski definition) is 6. The molecular formula is C15H10NO2S3-. The number of hydrogen-bond donors (Lipinski definition) is 0. The van der Waals surface area contributed by atoms with Gasteiger partial charge >= 0.3 is 0 Å². The Balaban J connectivity index is 1.99. The van der Waals surface area contributed by atoms with Crippen molar-refractivity contribution in [1.82, 2.24) is 4.98 Å². The number of aliphatic carboxylic acids is 1. The van der Waals surface area contributed by atoms with E-state index < -0.39 is 5.97 Å². The van der Waals surface area contributed by atoms with Gasteiger partial charge in [0.25, 0.3) is 0 Å². The number of carbonyl (C=O) groups excluding carboxylic acids is 1. The van der Waals surface area contributed by atoms with Crippen LogP contribution in [0.1, 0.15) is 9.88 Å². The molecule has 21 heavy (non-hydrogen) atoms. The summed E-state index contributed by atoms with van der Waals surface area (Å²) in [4.78, 5) is 17.3. The minimum absolute atomic E-state index is 0.0763. The second-order valence-electron chi connectivity index (χ2n) is 4.17. The highest BCUT2D eigenvalue weighted by Gasteiger charge is 2.10. The topological polar surface area (TPSA) is 53.0 Å². The molecule has 2 aromatic heterocycles. The Kier molecular flexibility index (Phi) is 4.38. The number of fused-ring (bicyclic) bond motifs is 1. The summed E-state index contributed by atoms with van der Waals surface area (Å²) in [6, 6.07) is 11.9. The first-order chi connectivity index (χ1) is 10.2. The third kappa shape index (κ3) is 3.53. The number of para-hydroxylation sites is 1. The molecule has 0 aliphatic rings. The minimum Gasteiger partial charge on any atom is -0.549 e. The molecule has 0 fully saturated rings. The fraction of sp³-hybridized carbons (Fsp3) is 0.0667. The summed E-state index contributed by atoms with van der Waals surface area (Å²) in [5.41, 5.74) is 0.934. The van der Waals surface area contributed by atoms with Crippen LogP contribution in [0.4, 0.5) is 0 Å². The van der Waals surface area contributed by atoms with Crippen molar-refractivity contribution in [3.8, 4) is 0 Å². The molecule has 0 saturated carbocycles. The molecule has 0 aliphatic heterocycles. The predicted octanol–water partition coefficient (Wildman–Crippen LogP) is 3.34. The highest BCUT2D eigenvalue weighted by Crippen LogP contribution is 2.35. The number of thiazole rings is 1. The van der Waals surface area contributed by atoms with E-state index in [1.54, 1.807) is 22.7 Å². The van der Waals surface area contributed by atoms with Crippen LogP contribution in [0.2, 0.25) is 0 Å². The molecule has 0 amide bonds. The van der Waals surface area contributed by atoms with Crippen molar-refractivity contribution in [2.75, 3.05) is 5.75 Å². The van der Waals surface area contributed by atoms with E-state index in [4.69, 9.17) is 0 Å². The summed E-state index contributed by atoms with van der Waals surface area (Å²) in [5, 5.41) is 13.6. The lowest BCUT2D eigenvalue weighted by atomic mass is 10.3. The molecular weight excluding hydrogens is 322 g/mol. The van der Waals surface area contributed by atoms with Crippen LogP contribution in [0, 0.1) is 0 Å². The first-order valence-electron chi connectivity index (χ1n) is 6.16. The van der Waals surface area contributed by atoms with Crippen molar-refractivity contribution in [2.45, 2.75) is 0 Å². The maximum atomic E-state index is 10.7. The Bertz CT molecular complexity index is 757. The lowest BCUT2D eigenvalue weighted by molar-refractivity contribution is -0.301. The molecule has 0 bridgehead atoms. The normalized spacial score (nSPS) is 11.9. The van der Waals surface area contributed by atoms with E-state index in [1.165, 1.54) is 11.8 Å². The molecule has 6 heteroatoms. The molecule has 0 saturated heterocycles. The van der Waals surface area contributed by atoms with Crippen molar-refractivity contribution in [3.05, 3.63) is 51.7 Å². The predicted molar refractivity (Wildman–Crippen MR) is 89.3 cm³/mol. The molecule has 2 heterocycles. The van der Waals surface area contributed by atoms with Gasteiger partial charge in [-0.2, -0.15) is 0 Å². The van der Waals surface area contributed by atoms with E-state index in [9.17, 15) is 9.90 Å². The average molecular weight is 332 g/mol. The van der Waals surface area contributed by atoms with Gasteiger partial charge in [0.2, 0.25) is 0 Å². The zero-order valence-electron chi connectivity index (χ0n) is 10.8. The number of thioether (sulfide) groups is 1. The Hall–Kier alpha value is -1.63. The number of carboxylic acid groups (broad SMARTS) is 1. The molecule has 0 atom stereocenters. The minimum atomic E-state index is -1.07. The van der Waals surface area contributed by atoms with E-state index in [2.05, 4.69) is 4.98 Å². The van der Waals surface area contributed by atoms with Crippen LogP contribution in [-0.2, 0) is 4.79 Å². The molecule has 3 rings (SSSR count). The lowest BCUT2D eigenvalue weighted by Gasteiger charge is -2.04. The van der Waals surface area contributed by atoms with Gasteiger partial charge in [-0.15, -0.1) is 34.4 Å². The summed E-state index contributed by atoms with van der Waals surface area (Å²) >= 11 is 4.43. The molecule has 0 unspecified atom stereocenters. The summed E-state index contributed by atoms with van der Waals surface area (Å²) in [5.74, 6) is -1.15. The molecule has 0 aliphatic carbocycles. The maximum absolute atomic E-state index is 10.7. The molecule has 0 spiro atoms. The van der Waals surface area contributed by atoms with Crippen LogP contribution < -0.4 is 5.11 Å². The van der Waals surface area contributed by atoms with Crippen LogP contribution in [-0.4, -0.2) is 16.7 Å². The molecule has 0 radical (unpaired) electrons. The Morgan fingerprint density at radius 2 is 2.14 bits per heavy atom. The summed E-state index contributed by atoms with van der Waals surface area (Å²) in [6.07, 6.45) is 1.98. The summed E-state index contributed by atoms with van der Waals surface area (Å²) in [6.45, 7) is 0. The molecule has 106 valence electrons.